The minimum Gasteiger partial charge on any atom is -0.319 e. The first-order valence-electron chi connectivity index (χ1n) is 6.17. The summed E-state index contributed by atoms with van der Waals surface area (Å²) in [6, 6.07) is 7.34. The van der Waals surface area contributed by atoms with Crippen molar-refractivity contribution < 1.29 is 4.79 Å². The van der Waals surface area contributed by atoms with E-state index in [9.17, 15) is 4.79 Å². The van der Waals surface area contributed by atoms with Crippen LogP contribution in [0.15, 0.2) is 24.3 Å². The Bertz CT molecular complexity index is 612. The van der Waals surface area contributed by atoms with E-state index in [0.29, 0.717) is 5.69 Å². The fourth-order valence-corrected chi connectivity index (χ4v) is 2.06. The van der Waals surface area contributed by atoms with E-state index in [1.807, 2.05) is 45.9 Å². The average Bonchev–Trinajstić information content (AvgIpc) is 2.33. The van der Waals surface area contributed by atoms with E-state index >= 15 is 0 Å². The fourth-order valence-electron chi connectivity index (χ4n) is 2.06. The molecule has 0 bridgehead atoms. The summed E-state index contributed by atoms with van der Waals surface area (Å²) in [6.45, 7) is 7.65. The van der Waals surface area contributed by atoms with Crippen molar-refractivity contribution >= 4 is 11.6 Å². The monoisotopic (exact) mass is 255 g/mol. The Morgan fingerprint density at radius 3 is 2.42 bits per heavy atom. The third kappa shape index (κ3) is 2.96. The Labute approximate surface area is 112 Å². The third-order valence-corrected chi connectivity index (χ3v) is 2.89. The number of nitrogens with zero attached hydrogens (tertiary/aromatic N) is 2. The van der Waals surface area contributed by atoms with Gasteiger partial charge in [-0.05, 0) is 51.5 Å². The first kappa shape index (κ1) is 13.2. The predicted molar refractivity (Wildman–Crippen MR) is 75.4 cm³/mol. The minimum atomic E-state index is -0.208. The summed E-state index contributed by atoms with van der Waals surface area (Å²) in [4.78, 5) is 20.7. The maximum absolute atomic E-state index is 12.2. The molecule has 1 N–H and O–H groups in total. The lowest BCUT2D eigenvalue weighted by atomic mass is 10.1. The summed E-state index contributed by atoms with van der Waals surface area (Å²) in [5.41, 5.74) is 4.77. The smallest absolute Gasteiger partial charge is 0.274 e. The first-order valence-corrected chi connectivity index (χ1v) is 6.17. The van der Waals surface area contributed by atoms with Crippen LogP contribution in [0.1, 0.15) is 33.1 Å². The van der Waals surface area contributed by atoms with E-state index in [1.54, 1.807) is 6.07 Å². The molecule has 0 spiro atoms. The van der Waals surface area contributed by atoms with E-state index in [-0.39, 0.29) is 5.91 Å². The zero-order valence-electron chi connectivity index (χ0n) is 11.6. The van der Waals surface area contributed by atoms with Crippen molar-refractivity contribution in [2.75, 3.05) is 5.32 Å². The molecular weight excluding hydrogens is 238 g/mol. The molecule has 0 saturated carbocycles. The number of anilines is 1. The van der Waals surface area contributed by atoms with Crippen molar-refractivity contribution in [3.8, 4) is 0 Å². The second-order valence-corrected chi connectivity index (χ2v) is 4.66. The maximum atomic E-state index is 12.2. The van der Waals surface area contributed by atoms with Gasteiger partial charge in [-0.2, -0.15) is 0 Å². The predicted octanol–water partition coefficient (Wildman–Crippen LogP) is 2.96. The molecule has 98 valence electrons. The Kier molecular flexibility index (Phi) is 3.60. The van der Waals surface area contributed by atoms with Crippen molar-refractivity contribution in [2.45, 2.75) is 27.7 Å². The molecule has 19 heavy (non-hydrogen) atoms. The van der Waals surface area contributed by atoms with E-state index in [4.69, 9.17) is 0 Å². The van der Waals surface area contributed by atoms with Gasteiger partial charge in [0, 0.05) is 11.4 Å². The van der Waals surface area contributed by atoms with Crippen LogP contribution in [0.3, 0.4) is 0 Å². The van der Waals surface area contributed by atoms with Crippen LogP contribution in [0.2, 0.25) is 0 Å². The molecule has 2 aromatic rings. The molecular formula is C15H17N3O. The lowest BCUT2D eigenvalue weighted by Gasteiger charge is -2.11. The minimum absolute atomic E-state index is 0.208. The number of rotatable bonds is 2. The van der Waals surface area contributed by atoms with Crippen molar-refractivity contribution in [2.24, 2.45) is 0 Å². The van der Waals surface area contributed by atoms with Crippen LogP contribution in [0.4, 0.5) is 5.69 Å². The number of aryl methyl sites for hydroxylation is 4. The third-order valence-electron chi connectivity index (χ3n) is 2.89. The highest BCUT2D eigenvalue weighted by Crippen LogP contribution is 2.19. The van der Waals surface area contributed by atoms with Gasteiger partial charge in [-0.3, -0.25) is 9.78 Å². The Morgan fingerprint density at radius 2 is 1.79 bits per heavy atom. The van der Waals surface area contributed by atoms with Crippen LogP contribution >= 0.6 is 0 Å². The summed E-state index contributed by atoms with van der Waals surface area (Å²) >= 11 is 0. The number of hydrogen-bond donors (Lipinski definition) is 1. The summed E-state index contributed by atoms with van der Waals surface area (Å²) in [5.74, 6) is -0.208. The summed E-state index contributed by atoms with van der Waals surface area (Å²) in [6.07, 6.45) is 0. The maximum Gasteiger partial charge on any atom is 0.274 e. The zero-order chi connectivity index (χ0) is 14.0. The second kappa shape index (κ2) is 5.18. The Balaban J connectivity index is 2.29. The molecule has 0 atom stereocenters. The largest absolute Gasteiger partial charge is 0.319 e. The second-order valence-electron chi connectivity index (χ2n) is 4.66. The molecule has 0 aliphatic rings. The van der Waals surface area contributed by atoms with Gasteiger partial charge in [0.2, 0.25) is 0 Å². The highest BCUT2D eigenvalue weighted by Gasteiger charge is 2.12. The highest BCUT2D eigenvalue weighted by atomic mass is 16.1. The number of amides is 1. The standard InChI is InChI=1S/C15H17N3O/c1-9-8-11(3)16-12(4)14(9)18-15(19)13-7-5-6-10(2)17-13/h5-8H,1-4H3,(H,18,19). The van der Waals surface area contributed by atoms with Gasteiger partial charge in [0.1, 0.15) is 5.69 Å². The van der Waals surface area contributed by atoms with Gasteiger partial charge < -0.3 is 5.32 Å². The summed E-state index contributed by atoms with van der Waals surface area (Å²) in [7, 11) is 0. The van der Waals surface area contributed by atoms with Crippen LogP contribution < -0.4 is 5.32 Å². The van der Waals surface area contributed by atoms with Gasteiger partial charge in [-0.15, -0.1) is 0 Å². The van der Waals surface area contributed by atoms with Gasteiger partial charge in [0.05, 0.1) is 11.4 Å². The molecule has 0 aliphatic carbocycles. The summed E-state index contributed by atoms with van der Waals surface area (Å²) in [5, 5.41) is 2.89. The Morgan fingerprint density at radius 1 is 1.05 bits per heavy atom. The van der Waals surface area contributed by atoms with Gasteiger partial charge in [-0.1, -0.05) is 6.07 Å². The molecule has 2 aromatic heterocycles. The lowest BCUT2D eigenvalue weighted by Crippen LogP contribution is -2.16. The van der Waals surface area contributed by atoms with Crippen molar-refractivity contribution in [1.82, 2.24) is 9.97 Å². The molecule has 0 saturated heterocycles. The van der Waals surface area contributed by atoms with Crippen molar-refractivity contribution in [1.29, 1.82) is 0 Å². The quantitative estimate of drug-likeness (QED) is 0.897. The van der Waals surface area contributed by atoms with Gasteiger partial charge in [0.15, 0.2) is 0 Å². The number of pyridine rings is 2. The van der Waals surface area contributed by atoms with Crippen LogP contribution in [0, 0.1) is 27.7 Å². The van der Waals surface area contributed by atoms with Crippen LogP contribution in [-0.2, 0) is 0 Å². The molecule has 0 aliphatic heterocycles. The molecule has 2 rings (SSSR count). The van der Waals surface area contributed by atoms with Crippen LogP contribution in [-0.4, -0.2) is 15.9 Å². The normalized spacial score (nSPS) is 10.3. The van der Waals surface area contributed by atoms with Gasteiger partial charge in [-0.25, -0.2) is 4.98 Å². The van der Waals surface area contributed by atoms with Crippen molar-refractivity contribution in [3.05, 3.63) is 52.6 Å². The molecule has 1 amide bonds. The van der Waals surface area contributed by atoms with Gasteiger partial charge in [0.25, 0.3) is 5.91 Å². The molecule has 4 heteroatoms. The number of hydrogen-bond acceptors (Lipinski definition) is 3. The number of aromatic nitrogens is 2. The number of carbonyl (C=O) groups is 1. The average molecular weight is 255 g/mol. The first-order chi connectivity index (χ1) is 8.97. The molecule has 2 heterocycles. The van der Waals surface area contributed by atoms with Gasteiger partial charge >= 0.3 is 0 Å². The van der Waals surface area contributed by atoms with E-state index in [1.165, 1.54) is 0 Å². The highest BCUT2D eigenvalue weighted by molar-refractivity contribution is 6.03. The Hall–Kier alpha value is -2.23. The SMILES string of the molecule is Cc1cccc(C(=O)Nc2c(C)cc(C)nc2C)n1. The topological polar surface area (TPSA) is 54.9 Å². The fraction of sp³-hybridized carbons (Fsp3) is 0.267. The van der Waals surface area contributed by atoms with Crippen molar-refractivity contribution in [3.63, 3.8) is 0 Å². The summed E-state index contributed by atoms with van der Waals surface area (Å²) < 4.78 is 0. The van der Waals surface area contributed by atoms with Crippen LogP contribution in [0.25, 0.3) is 0 Å². The molecule has 0 fully saturated rings. The molecule has 0 unspecified atom stereocenters. The number of nitrogens with one attached hydrogen (secondary N) is 1. The van der Waals surface area contributed by atoms with Crippen LogP contribution in [0.5, 0.6) is 0 Å². The van der Waals surface area contributed by atoms with E-state index in [2.05, 4.69) is 15.3 Å². The lowest BCUT2D eigenvalue weighted by molar-refractivity contribution is 0.102. The molecule has 4 nitrogen and oxygen atoms in total. The molecule has 0 aromatic carbocycles. The number of carbonyl (C=O) groups excluding carboxylic acids is 1. The molecule has 0 radical (unpaired) electrons. The van der Waals surface area contributed by atoms with E-state index < -0.39 is 0 Å². The van der Waals surface area contributed by atoms with E-state index in [0.717, 1.165) is 28.3 Å². The zero-order valence-corrected chi connectivity index (χ0v) is 11.6.